The number of aliphatic hydroxyl groups is 1. The predicted molar refractivity (Wildman–Crippen MR) is 114 cm³/mol. The lowest BCUT2D eigenvalue weighted by atomic mass is 10.00. The van der Waals surface area contributed by atoms with Crippen molar-refractivity contribution in [2.75, 3.05) is 6.54 Å². The summed E-state index contributed by atoms with van der Waals surface area (Å²) in [5.74, 6) is -2.18. The zero-order chi connectivity index (χ0) is 22.8. The standard InChI is InChI=1S/C23H23NO7/c1-23(2,3)31-17(26)11-24-21(28)18-19(27)16-9-5-8-15(20(16)30-22(18)29)14-7-4-6-13(10-14)12-25/h4-10,25,27H,11-12H2,1-3H3,(H,24,28). The van der Waals surface area contributed by atoms with E-state index in [0.717, 1.165) is 0 Å². The van der Waals surface area contributed by atoms with Crippen molar-refractivity contribution in [3.05, 3.63) is 64.0 Å². The van der Waals surface area contributed by atoms with Crippen LogP contribution in [0.5, 0.6) is 5.75 Å². The predicted octanol–water partition coefficient (Wildman–Crippen LogP) is 2.73. The Labute approximate surface area is 178 Å². The van der Waals surface area contributed by atoms with Crippen LogP contribution in [-0.4, -0.2) is 34.2 Å². The van der Waals surface area contributed by atoms with Gasteiger partial charge in [0.25, 0.3) is 5.91 Å². The van der Waals surface area contributed by atoms with Crippen LogP contribution in [-0.2, 0) is 16.1 Å². The first-order valence-corrected chi connectivity index (χ1v) is 9.59. The summed E-state index contributed by atoms with van der Waals surface area (Å²) >= 11 is 0. The highest BCUT2D eigenvalue weighted by molar-refractivity contribution is 6.04. The number of fused-ring (bicyclic) bond motifs is 1. The number of nitrogens with one attached hydrogen (secondary N) is 1. The number of carbonyl (C=O) groups excluding carboxylic acids is 2. The third kappa shape index (κ3) is 4.92. The lowest BCUT2D eigenvalue weighted by Crippen LogP contribution is -2.36. The van der Waals surface area contributed by atoms with Crippen LogP contribution < -0.4 is 10.9 Å². The van der Waals surface area contributed by atoms with E-state index in [-0.39, 0.29) is 17.6 Å². The van der Waals surface area contributed by atoms with Gasteiger partial charge in [-0.1, -0.05) is 30.3 Å². The lowest BCUT2D eigenvalue weighted by Gasteiger charge is -2.19. The molecule has 0 aliphatic rings. The fourth-order valence-electron chi connectivity index (χ4n) is 3.09. The average molecular weight is 425 g/mol. The number of rotatable bonds is 5. The molecule has 2 aromatic carbocycles. The monoisotopic (exact) mass is 425 g/mol. The van der Waals surface area contributed by atoms with Gasteiger partial charge in [0.2, 0.25) is 0 Å². The van der Waals surface area contributed by atoms with Gasteiger partial charge in [-0.05, 0) is 44.0 Å². The van der Waals surface area contributed by atoms with Crippen LogP contribution in [0.1, 0.15) is 36.7 Å². The van der Waals surface area contributed by atoms with Crippen molar-refractivity contribution >= 4 is 22.8 Å². The number of aliphatic hydroxyl groups excluding tert-OH is 1. The molecule has 0 radical (unpaired) electrons. The minimum absolute atomic E-state index is 0.101. The number of para-hydroxylation sites is 1. The van der Waals surface area contributed by atoms with Crippen molar-refractivity contribution in [3.8, 4) is 16.9 Å². The Bertz CT molecular complexity index is 1200. The normalized spacial score (nSPS) is 11.4. The van der Waals surface area contributed by atoms with Gasteiger partial charge in [-0.15, -0.1) is 0 Å². The van der Waals surface area contributed by atoms with Gasteiger partial charge in [0.15, 0.2) is 5.56 Å². The molecule has 8 heteroatoms. The highest BCUT2D eigenvalue weighted by Gasteiger charge is 2.24. The van der Waals surface area contributed by atoms with Gasteiger partial charge in [0.1, 0.15) is 23.5 Å². The summed E-state index contributed by atoms with van der Waals surface area (Å²) < 4.78 is 10.5. The van der Waals surface area contributed by atoms with Gasteiger partial charge in [-0.25, -0.2) is 4.79 Å². The number of esters is 1. The molecule has 0 aliphatic carbocycles. The Hall–Kier alpha value is -3.65. The fraction of sp³-hybridized carbons (Fsp3) is 0.261. The van der Waals surface area contributed by atoms with Gasteiger partial charge >= 0.3 is 11.6 Å². The van der Waals surface area contributed by atoms with Gasteiger partial charge in [-0.2, -0.15) is 0 Å². The van der Waals surface area contributed by atoms with Crippen LogP contribution in [0, 0.1) is 0 Å². The molecule has 1 aromatic heterocycles. The second-order valence-corrected chi connectivity index (χ2v) is 7.92. The Balaban J connectivity index is 1.98. The highest BCUT2D eigenvalue weighted by atomic mass is 16.6. The summed E-state index contributed by atoms with van der Waals surface area (Å²) in [7, 11) is 0. The maximum absolute atomic E-state index is 12.5. The zero-order valence-corrected chi connectivity index (χ0v) is 17.4. The van der Waals surface area contributed by atoms with E-state index >= 15 is 0 Å². The number of carbonyl (C=O) groups is 2. The molecule has 8 nitrogen and oxygen atoms in total. The third-order valence-electron chi connectivity index (χ3n) is 4.37. The SMILES string of the molecule is CC(C)(C)OC(=O)CNC(=O)c1c(O)c2cccc(-c3cccc(CO)c3)c2oc1=O. The van der Waals surface area contributed by atoms with Crippen molar-refractivity contribution < 1.29 is 29.0 Å². The van der Waals surface area contributed by atoms with E-state index in [0.29, 0.717) is 16.7 Å². The Kier molecular flexibility index (Phi) is 6.12. The van der Waals surface area contributed by atoms with Gasteiger partial charge in [0.05, 0.1) is 12.0 Å². The van der Waals surface area contributed by atoms with E-state index < -0.39 is 41.0 Å². The zero-order valence-electron chi connectivity index (χ0n) is 17.4. The number of hydrogen-bond donors (Lipinski definition) is 3. The molecule has 1 heterocycles. The molecule has 3 aromatic rings. The second kappa shape index (κ2) is 8.61. The topological polar surface area (TPSA) is 126 Å². The minimum Gasteiger partial charge on any atom is -0.506 e. The van der Waals surface area contributed by atoms with E-state index in [1.807, 2.05) is 0 Å². The number of amides is 1. The van der Waals surface area contributed by atoms with Crippen LogP contribution in [0.15, 0.2) is 51.7 Å². The number of hydrogen-bond acceptors (Lipinski definition) is 7. The molecular weight excluding hydrogens is 402 g/mol. The molecule has 1 amide bonds. The van der Waals surface area contributed by atoms with E-state index in [9.17, 15) is 24.6 Å². The lowest BCUT2D eigenvalue weighted by molar-refractivity contribution is -0.153. The smallest absolute Gasteiger partial charge is 0.353 e. The van der Waals surface area contributed by atoms with Gasteiger partial charge in [-0.3, -0.25) is 9.59 Å². The van der Waals surface area contributed by atoms with Gasteiger partial charge in [0, 0.05) is 5.56 Å². The molecule has 0 atom stereocenters. The summed E-state index contributed by atoms with van der Waals surface area (Å²) in [5, 5.41) is 22.4. The van der Waals surface area contributed by atoms with Crippen LogP contribution in [0.3, 0.4) is 0 Å². The number of ether oxygens (including phenoxy) is 1. The highest BCUT2D eigenvalue weighted by Crippen LogP contribution is 2.34. The summed E-state index contributed by atoms with van der Waals surface area (Å²) in [5.41, 5.74) is -0.421. The molecule has 0 fully saturated rings. The fourth-order valence-corrected chi connectivity index (χ4v) is 3.09. The van der Waals surface area contributed by atoms with Crippen molar-refractivity contribution in [3.63, 3.8) is 0 Å². The van der Waals surface area contributed by atoms with Crippen LogP contribution in [0.25, 0.3) is 22.1 Å². The molecule has 3 N–H and O–H groups in total. The number of aromatic hydroxyl groups is 1. The molecule has 0 spiro atoms. The Morgan fingerprint density at radius 2 is 1.84 bits per heavy atom. The molecule has 0 aliphatic heterocycles. The third-order valence-corrected chi connectivity index (χ3v) is 4.37. The minimum atomic E-state index is -1.04. The molecule has 0 saturated heterocycles. The molecule has 162 valence electrons. The van der Waals surface area contributed by atoms with Gasteiger partial charge < -0.3 is 24.7 Å². The summed E-state index contributed by atoms with van der Waals surface area (Å²) in [6, 6.07) is 11.8. The first-order chi connectivity index (χ1) is 14.6. The number of benzene rings is 2. The average Bonchev–Trinajstić information content (AvgIpc) is 2.70. The van der Waals surface area contributed by atoms with E-state index in [2.05, 4.69) is 5.32 Å². The maximum Gasteiger partial charge on any atom is 0.353 e. The molecule has 0 unspecified atom stereocenters. The first kappa shape index (κ1) is 22.0. The van der Waals surface area contributed by atoms with Crippen LogP contribution in [0.4, 0.5) is 0 Å². The van der Waals surface area contributed by atoms with E-state index in [1.165, 1.54) is 6.07 Å². The molecule has 0 bridgehead atoms. The van der Waals surface area contributed by atoms with Crippen molar-refractivity contribution in [1.82, 2.24) is 5.32 Å². The molecule has 0 saturated carbocycles. The quantitative estimate of drug-likeness (QED) is 0.424. The van der Waals surface area contributed by atoms with E-state index in [1.54, 1.807) is 57.2 Å². The van der Waals surface area contributed by atoms with Crippen LogP contribution in [0.2, 0.25) is 0 Å². The summed E-state index contributed by atoms with van der Waals surface area (Å²) in [4.78, 5) is 36.8. The Morgan fingerprint density at radius 3 is 2.52 bits per heavy atom. The summed E-state index contributed by atoms with van der Waals surface area (Å²) in [6.45, 7) is 4.43. The molecule has 31 heavy (non-hydrogen) atoms. The Morgan fingerprint density at radius 1 is 1.13 bits per heavy atom. The summed E-state index contributed by atoms with van der Waals surface area (Å²) in [6.07, 6.45) is 0. The molecular formula is C23H23NO7. The molecule has 3 rings (SSSR count). The van der Waals surface area contributed by atoms with Crippen molar-refractivity contribution in [2.45, 2.75) is 33.0 Å². The second-order valence-electron chi connectivity index (χ2n) is 7.92. The van der Waals surface area contributed by atoms with Crippen LogP contribution >= 0.6 is 0 Å². The van der Waals surface area contributed by atoms with E-state index in [4.69, 9.17) is 9.15 Å². The first-order valence-electron chi connectivity index (χ1n) is 9.59. The van der Waals surface area contributed by atoms with Crippen molar-refractivity contribution in [1.29, 1.82) is 0 Å². The largest absolute Gasteiger partial charge is 0.506 e. The maximum atomic E-state index is 12.5. The van der Waals surface area contributed by atoms with Crippen molar-refractivity contribution in [2.24, 2.45) is 0 Å².